The first-order valence-electron chi connectivity index (χ1n) is 7.99. The number of nitrogens with zero attached hydrogens (tertiary/aromatic N) is 1. The number of rotatable bonds is 2. The minimum Gasteiger partial charge on any atom is -0.457 e. The van der Waals surface area contributed by atoms with Crippen LogP contribution in [0.3, 0.4) is 0 Å². The third kappa shape index (κ3) is 2.62. The quantitative estimate of drug-likeness (QED) is 0.797. The summed E-state index contributed by atoms with van der Waals surface area (Å²) < 4.78 is 10.5. The average molecular weight is 323 g/mol. The van der Waals surface area contributed by atoms with Crippen LogP contribution in [0.4, 0.5) is 4.79 Å². The molecule has 0 atom stereocenters. The van der Waals surface area contributed by atoms with Crippen LogP contribution >= 0.6 is 0 Å². The van der Waals surface area contributed by atoms with E-state index in [1.807, 2.05) is 36.4 Å². The Hall–Kier alpha value is -2.82. The highest BCUT2D eigenvalue weighted by atomic mass is 16.6. The van der Waals surface area contributed by atoms with Crippen molar-refractivity contribution in [3.63, 3.8) is 0 Å². The Kier molecular flexibility index (Phi) is 3.69. The van der Waals surface area contributed by atoms with Gasteiger partial charge in [-0.1, -0.05) is 36.4 Å². The highest BCUT2D eigenvalue weighted by Gasteiger charge is 2.29. The minimum absolute atomic E-state index is 0.252. The number of carbonyl (C=O) groups is 2. The van der Waals surface area contributed by atoms with Crippen molar-refractivity contribution < 1.29 is 19.1 Å². The van der Waals surface area contributed by atoms with Crippen LogP contribution in [-0.4, -0.2) is 23.5 Å². The zero-order valence-corrected chi connectivity index (χ0v) is 13.2. The van der Waals surface area contributed by atoms with Crippen LogP contribution in [0.15, 0.2) is 42.5 Å². The number of esters is 1. The van der Waals surface area contributed by atoms with E-state index in [-0.39, 0.29) is 18.7 Å². The van der Waals surface area contributed by atoms with Gasteiger partial charge in [-0.3, -0.25) is 0 Å². The standard InChI is InChI=1S/C19H17NO4/c21-18-16-7-6-14-10-20(9-8-15(14)17(16)12-23-18)19(22)24-11-13-4-2-1-3-5-13/h1-7H,8-12H2. The topological polar surface area (TPSA) is 55.8 Å². The van der Waals surface area contributed by atoms with Gasteiger partial charge in [0.05, 0.1) is 5.56 Å². The maximum Gasteiger partial charge on any atom is 0.410 e. The average Bonchev–Trinajstić information content (AvgIpc) is 3.01. The summed E-state index contributed by atoms with van der Waals surface area (Å²) in [6.45, 7) is 1.71. The molecule has 0 spiro atoms. The van der Waals surface area contributed by atoms with E-state index >= 15 is 0 Å². The number of benzene rings is 2. The molecule has 0 saturated carbocycles. The van der Waals surface area contributed by atoms with Gasteiger partial charge in [-0.25, -0.2) is 9.59 Å². The molecule has 2 aromatic carbocycles. The Morgan fingerprint density at radius 2 is 1.96 bits per heavy atom. The van der Waals surface area contributed by atoms with Gasteiger partial charge < -0.3 is 14.4 Å². The van der Waals surface area contributed by atoms with E-state index in [0.717, 1.165) is 28.7 Å². The highest BCUT2D eigenvalue weighted by molar-refractivity contribution is 5.94. The molecule has 1 amide bonds. The molecule has 2 aromatic rings. The van der Waals surface area contributed by atoms with Crippen molar-refractivity contribution in [1.82, 2.24) is 4.90 Å². The van der Waals surface area contributed by atoms with Gasteiger partial charge in [0.2, 0.25) is 0 Å². The summed E-state index contributed by atoms with van der Waals surface area (Å²) in [6.07, 6.45) is 0.410. The number of ether oxygens (including phenoxy) is 2. The van der Waals surface area contributed by atoms with Crippen molar-refractivity contribution in [1.29, 1.82) is 0 Å². The number of fused-ring (bicyclic) bond motifs is 3. The number of carbonyl (C=O) groups excluding carboxylic acids is 2. The van der Waals surface area contributed by atoms with E-state index in [4.69, 9.17) is 9.47 Å². The Morgan fingerprint density at radius 3 is 2.79 bits per heavy atom. The zero-order valence-electron chi connectivity index (χ0n) is 13.2. The van der Waals surface area contributed by atoms with Crippen LogP contribution < -0.4 is 0 Å². The van der Waals surface area contributed by atoms with Crippen molar-refractivity contribution in [3.8, 4) is 0 Å². The number of hydrogen-bond acceptors (Lipinski definition) is 4. The molecule has 0 radical (unpaired) electrons. The Morgan fingerprint density at radius 1 is 1.12 bits per heavy atom. The molecule has 5 nitrogen and oxygen atoms in total. The van der Waals surface area contributed by atoms with Crippen molar-refractivity contribution in [3.05, 3.63) is 70.3 Å². The molecule has 2 heterocycles. The van der Waals surface area contributed by atoms with Crippen LogP contribution in [0.25, 0.3) is 0 Å². The van der Waals surface area contributed by atoms with Crippen LogP contribution in [0.5, 0.6) is 0 Å². The summed E-state index contributed by atoms with van der Waals surface area (Å²) in [5.74, 6) is -0.252. The second kappa shape index (κ2) is 6.00. The maximum atomic E-state index is 12.3. The molecule has 2 aliphatic heterocycles. The third-order valence-corrected chi connectivity index (χ3v) is 4.55. The molecule has 24 heavy (non-hydrogen) atoms. The predicted molar refractivity (Wildman–Crippen MR) is 86.3 cm³/mol. The van der Waals surface area contributed by atoms with E-state index in [1.54, 1.807) is 11.0 Å². The number of hydrogen-bond donors (Lipinski definition) is 0. The van der Waals surface area contributed by atoms with Gasteiger partial charge in [0.1, 0.15) is 13.2 Å². The van der Waals surface area contributed by atoms with E-state index in [9.17, 15) is 9.59 Å². The first kappa shape index (κ1) is 14.8. The van der Waals surface area contributed by atoms with E-state index in [2.05, 4.69) is 0 Å². The van der Waals surface area contributed by atoms with E-state index in [0.29, 0.717) is 25.3 Å². The lowest BCUT2D eigenvalue weighted by molar-refractivity contribution is 0.0534. The molecule has 0 bridgehead atoms. The van der Waals surface area contributed by atoms with Crippen molar-refractivity contribution in [2.75, 3.05) is 6.54 Å². The van der Waals surface area contributed by atoms with Gasteiger partial charge in [0.25, 0.3) is 0 Å². The largest absolute Gasteiger partial charge is 0.457 e. The lowest BCUT2D eigenvalue weighted by Gasteiger charge is -2.29. The lowest BCUT2D eigenvalue weighted by Crippen LogP contribution is -2.36. The van der Waals surface area contributed by atoms with Gasteiger partial charge >= 0.3 is 12.1 Å². The summed E-state index contributed by atoms with van der Waals surface area (Å²) in [6, 6.07) is 13.3. The van der Waals surface area contributed by atoms with Crippen LogP contribution in [0, 0.1) is 0 Å². The number of amides is 1. The summed E-state index contributed by atoms with van der Waals surface area (Å²) in [5.41, 5.74) is 4.82. The van der Waals surface area contributed by atoms with E-state index < -0.39 is 0 Å². The monoisotopic (exact) mass is 323 g/mol. The summed E-state index contributed by atoms with van der Waals surface area (Å²) >= 11 is 0. The SMILES string of the molecule is O=C1OCc2c1ccc1c2CCN(C(=O)OCc2ccccc2)C1. The normalized spacial score (nSPS) is 15.5. The van der Waals surface area contributed by atoms with Crippen LogP contribution in [0.1, 0.15) is 32.6 Å². The van der Waals surface area contributed by atoms with Crippen LogP contribution in [-0.2, 0) is 35.7 Å². The molecule has 4 rings (SSSR count). The van der Waals surface area contributed by atoms with Gasteiger partial charge in [0.15, 0.2) is 0 Å². The summed E-state index contributed by atoms with van der Waals surface area (Å²) in [4.78, 5) is 25.6. The predicted octanol–water partition coefficient (Wildman–Crippen LogP) is 3.05. The van der Waals surface area contributed by atoms with E-state index in [1.165, 1.54) is 0 Å². The molecule has 2 aliphatic rings. The van der Waals surface area contributed by atoms with Crippen molar-refractivity contribution in [2.24, 2.45) is 0 Å². The molecule has 5 heteroatoms. The van der Waals surface area contributed by atoms with Crippen molar-refractivity contribution in [2.45, 2.75) is 26.2 Å². The second-order valence-electron chi connectivity index (χ2n) is 6.02. The highest BCUT2D eigenvalue weighted by Crippen LogP contribution is 2.30. The fourth-order valence-corrected chi connectivity index (χ4v) is 3.27. The zero-order chi connectivity index (χ0) is 16.5. The molecule has 0 aliphatic carbocycles. The summed E-state index contributed by atoms with van der Waals surface area (Å²) in [5, 5.41) is 0. The molecule has 0 fully saturated rings. The number of cyclic esters (lactones) is 1. The molecular weight excluding hydrogens is 306 g/mol. The third-order valence-electron chi connectivity index (χ3n) is 4.55. The maximum absolute atomic E-state index is 12.3. The smallest absolute Gasteiger partial charge is 0.410 e. The first-order valence-corrected chi connectivity index (χ1v) is 7.99. The Bertz CT molecular complexity index is 801. The fourth-order valence-electron chi connectivity index (χ4n) is 3.27. The fraction of sp³-hybridized carbons (Fsp3) is 0.263. The van der Waals surface area contributed by atoms with Gasteiger partial charge in [-0.05, 0) is 29.2 Å². The van der Waals surface area contributed by atoms with Gasteiger partial charge in [-0.15, -0.1) is 0 Å². The van der Waals surface area contributed by atoms with Crippen molar-refractivity contribution >= 4 is 12.1 Å². The lowest BCUT2D eigenvalue weighted by atomic mass is 9.92. The molecule has 0 saturated heterocycles. The summed E-state index contributed by atoms with van der Waals surface area (Å²) in [7, 11) is 0. The molecular formula is C19H17NO4. The Balaban J connectivity index is 1.45. The molecule has 0 unspecified atom stereocenters. The molecule has 0 aromatic heterocycles. The molecule has 122 valence electrons. The molecule has 0 N–H and O–H groups in total. The first-order chi connectivity index (χ1) is 11.7. The van der Waals surface area contributed by atoms with Gasteiger partial charge in [-0.2, -0.15) is 0 Å². The second-order valence-corrected chi connectivity index (χ2v) is 6.02. The van der Waals surface area contributed by atoms with Gasteiger partial charge in [0, 0.05) is 18.7 Å². The Labute approximate surface area is 139 Å². The minimum atomic E-state index is -0.308. The van der Waals surface area contributed by atoms with Crippen LogP contribution in [0.2, 0.25) is 0 Å².